The van der Waals surface area contributed by atoms with Gasteiger partial charge in [-0.05, 0) is 0 Å². The van der Waals surface area contributed by atoms with E-state index in [1.807, 2.05) is 0 Å². The topological polar surface area (TPSA) is 0 Å². The van der Waals surface area contributed by atoms with Gasteiger partial charge in [-0.15, -0.1) is 0 Å². The van der Waals surface area contributed by atoms with E-state index in [-0.39, 0.29) is 14.5 Å². The zero-order valence-electron chi connectivity index (χ0n) is 38.0. The first-order chi connectivity index (χ1) is 30.3. The molecule has 2 aliphatic rings. The number of fused-ring (bicyclic) bond motifs is 5. The van der Waals surface area contributed by atoms with Crippen LogP contribution in [0.15, 0.2) is 194 Å². The molecule has 10 rings (SSSR count). The van der Waals surface area contributed by atoms with Crippen molar-refractivity contribution in [1.82, 2.24) is 0 Å². The molecule has 8 aromatic rings. The van der Waals surface area contributed by atoms with Gasteiger partial charge in [0.2, 0.25) is 0 Å². The molecular formula is C61H58Cl2Zr. The van der Waals surface area contributed by atoms with Crippen molar-refractivity contribution in [1.29, 1.82) is 0 Å². The Labute approximate surface area is 381 Å². The summed E-state index contributed by atoms with van der Waals surface area (Å²) in [7, 11) is 19.7. The van der Waals surface area contributed by atoms with Crippen molar-refractivity contribution in [2.45, 2.75) is 67.9 Å². The van der Waals surface area contributed by atoms with Gasteiger partial charge in [-0.2, -0.15) is 0 Å². The van der Waals surface area contributed by atoms with Gasteiger partial charge in [0.15, 0.2) is 0 Å². The van der Waals surface area contributed by atoms with Gasteiger partial charge in [0, 0.05) is 0 Å². The van der Waals surface area contributed by atoms with Crippen LogP contribution < -0.4 is 0 Å². The van der Waals surface area contributed by atoms with E-state index in [1.54, 1.807) is 0 Å². The summed E-state index contributed by atoms with van der Waals surface area (Å²) < 4.78 is 5.88. The van der Waals surface area contributed by atoms with Gasteiger partial charge in [0.25, 0.3) is 0 Å². The number of rotatable bonds is 8. The molecule has 0 N–H and O–H groups in total. The third-order valence-corrected chi connectivity index (χ3v) is 44.7. The van der Waals surface area contributed by atoms with Crippen molar-refractivity contribution in [3.05, 3.63) is 228 Å². The van der Waals surface area contributed by atoms with E-state index < -0.39 is 16.6 Å². The van der Waals surface area contributed by atoms with Gasteiger partial charge in [-0.3, -0.25) is 0 Å². The van der Waals surface area contributed by atoms with Crippen molar-refractivity contribution in [2.24, 2.45) is 0 Å². The Morgan fingerprint density at radius 3 is 1.23 bits per heavy atom. The van der Waals surface area contributed by atoms with Gasteiger partial charge >= 0.3 is 385 Å². The number of benzene rings is 8. The molecule has 0 aliphatic heterocycles. The Hall–Kier alpha value is -4.91. The molecule has 0 spiro atoms. The molecule has 0 saturated carbocycles. The predicted molar refractivity (Wildman–Crippen MR) is 278 cm³/mol. The minimum atomic E-state index is -7.31. The molecule has 3 heteroatoms. The van der Waals surface area contributed by atoms with E-state index >= 15 is 0 Å². The Morgan fingerprint density at radius 2 is 0.828 bits per heavy atom. The summed E-state index contributed by atoms with van der Waals surface area (Å²) in [5, 5.41) is 4.65. The van der Waals surface area contributed by atoms with Gasteiger partial charge < -0.3 is 0 Å². The molecule has 8 aromatic carbocycles. The van der Waals surface area contributed by atoms with Crippen LogP contribution in [0.2, 0.25) is 3.63 Å². The Morgan fingerprint density at radius 1 is 0.453 bits per heavy atom. The van der Waals surface area contributed by atoms with E-state index in [0.29, 0.717) is 8.26 Å². The van der Waals surface area contributed by atoms with Crippen LogP contribution in [0.4, 0.5) is 0 Å². The van der Waals surface area contributed by atoms with Crippen molar-refractivity contribution in [3.8, 4) is 33.4 Å². The zero-order chi connectivity index (χ0) is 44.8. The van der Waals surface area contributed by atoms with Crippen LogP contribution in [0.3, 0.4) is 0 Å². The molecule has 2 aliphatic carbocycles. The van der Waals surface area contributed by atoms with E-state index in [4.69, 9.17) is 4.21 Å². The molecule has 64 heavy (non-hydrogen) atoms. The second-order valence-electron chi connectivity index (χ2n) is 22.0. The van der Waals surface area contributed by atoms with Crippen LogP contribution in [0.25, 0.3) is 54.9 Å². The molecular weight excluding hydrogens is 895 g/mol. The number of halogens is 2. The van der Waals surface area contributed by atoms with Crippen LogP contribution in [-0.4, -0.2) is 4.21 Å². The summed E-state index contributed by atoms with van der Waals surface area (Å²) in [6, 6.07) is 62.4. The minimum absolute atomic E-state index is 0.170. The van der Waals surface area contributed by atoms with Gasteiger partial charge in [0.05, 0.1) is 0 Å². The molecule has 0 atom stereocenters. The summed E-state index contributed by atoms with van der Waals surface area (Å²) in [4.78, 5) is 0. The van der Waals surface area contributed by atoms with Crippen LogP contribution in [0.5, 0.6) is 0 Å². The van der Waals surface area contributed by atoms with E-state index in [0.717, 1.165) is 21.9 Å². The molecule has 0 amide bonds. The fourth-order valence-corrected chi connectivity index (χ4v) is 41.7. The van der Waals surface area contributed by atoms with Crippen molar-refractivity contribution >= 4 is 42.8 Å². The van der Waals surface area contributed by atoms with Crippen molar-refractivity contribution in [2.75, 3.05) is 0 Å². The van der Waals surface area contributed by atoms with E-state index in [2.05, 4.69) is 236 Å². The van der Waals surface area contributed by atoms with Crippen LogP contribution in [0.1, 0.15) is 78.5 Å². The average molecular weight is 953 g/mol. The molecule has 0 nitrogen and oxygen atoms in total. The van der Waals surface area contributed by atoms with Crippen molar-refractivity contribution in [3.63, 3.8) is 0 Å². The summed E-state index contributed by atoms with van der Waals surface area (Å²) >= 11 is -7.31. The third-order valence-electron chi connectivity index (χ3n) is 15.3. The van der Waals surface area contributed by atoms with Gasteiger partial charge in [0.1, 0.15) is 0 Å². The molecule has 0 saturated heterocycles. The molecule has 320 valence electrons. The molecule has 0 heterocycles. The maximum absolute atomic E-state index is 9.85. The molecule has 0 aromatic heterocycles. The Kier molecular flexibility index (Phi) is 9.44. The van der Waals surface area contributed by atoms with Gasteiger partial charge in [-0.1, -0.05) is 0 Å². The SMILES string of the molecule is [CH2]=[Zr]([Cl])([Cl])([CH2]c1cccc2ccccc12)([CH2]c1cccc2ccccc12)([CH]1C=CC=C1)[CH]1c2cc(-c3ccccc3)c(C(C)(C)C)cc2-c2cc(C(C)(C)C)c(-c3ccccc3)cc21. The van der Waals surface area contributed by atoms with Crippen LogP contribution >= 0.6 is 17.0 Å². The van der Waals surface area contributed by atoms with Gasteiger partial charge in [-0.25, -0.2) is 0 Å². The Balaban J connectivity index is 1.44. The van der Waals surface area contributed by atoms with Crippen LogP contribution in [0, 0.1) is 0 Å². The fourth-order valence-electron chi connectivity index (χ4n) is 12.3. The summed E-state index contributed by atoms with van der Waals surface area (Å²) in [5.41, 5.74) is 14.0. The monoisotopic (exact) mass is 950 g/mol. The Bertz CT molecular complexity index is 3160. The second-order valence-corrected chi connectivity index (χ2v) is 61.8. The normalized spacial score (nSPS) is 16.0. The number of hydrogen-bond donors (Lipinski definition) is 0. The van der Waals surface area contributed by atoms with E-state index in [1.165, 1.54) is 66.4 Å². The maximum atomic E-state index is 9.85. The number of allylic oxidation sites excluding steroid dienone is 4. The first kappa shape index (κ1) is 43.0. The number of hydrogen-bond acceptors (Lipinski definition) is 0. The molecule has 0 radical (unpaired) electrons. The summed E-state index contributed by atoms with van der Waals surface area (Å²) in [5.74, 6) is 0. The van der Waals surface area contributed by atoms with E-state index in [9.17, 15) is 17.0 Å². The van der Waals surface area contributed by atoms with Crippen molar-refractivity contribution < 1.29 is 12.9 Å². The quantitative estimate of drug-likeness (QED) is 0.142. The molecule has 0 unspecified atom stereocenters. The molecule has 0 bridgehead atoms. The fraction of sp³-hybridized carbons (Fsp3) is 0.197. The second kappa shape index (κ2) is 14.1. The first-order valence-electron chi connectivity index (χ1n) is 23.0. The first-order valence-corrected chi connectivity index (χ1v) is 37.4. The summed E-state index contributed by atoms with van der Waals surface area (Å²) in [6.45, 7) is 14.0. The third kappa shape index (κ3) is 6.67. The average Bonchev–Trinajstić information content (AvgIpc) is 3.95. The standard InChI is InChI=1S/C33H33.2C11H9.C5H5.CH2.2ClH.Zr/c1-32(2,3)30-20-26-24(18-28(30)22-13-9-7-10-14-22)17-25-19-29(23-15-11-8-12-16-23)31(21-27(25)26)33(4,5)6;2*1-9-5-4-7-10-6-2-3-8-11(9)10;1-2-4-5-3-1;;;;/h7-21H,1-6H3;2*2-8H,1H2;1-5H;1H2;2*1H;/q;;;;;;;+2/p-2. The predicted octanol–water partition coefficient (Wildman–Crippen LogP) is 17.8. The van der Waals surface area contributed by atoms with Crippen LogP contribution in [-0.2, 0) is 32.0 Å². The summed E-state index contributed by atoms with van der Waals surface area (Å²) in [6.07, 6.45) is 8.91. The molecule has 0 fully saturated rings. The zero-order valence-corrected chi connectivity index (χ0v) is 42.0.